The number of likely N-dealkylation sites (tertiary alicyclic amines) is 1. The van der Waals surface area contributed by atoms with Crippen molar-refractivity contribution in [3.8, 4) is 5.75 Å². The number of carbonyl (C=O) groups excluding carboxylic acids is 1. The third kappa shape index (κ3) is 4.81. The third-order valence-electron chi connectivity index (χ3n) is 3.26. The molecular formula is C16H22ClNO3. The van der Waals surface area contributed by atoms with Crippen LogP contribution in [0.1, 0.15) is 33.6 Å². The van der Waals surface area contributed by atoms with Crippen LogP contribution in [0.2, 0.25) is 5.02 Å². The molecule has 1 unspecified atom stereocenters. The summed E-state index contributed by atoms with van der Waals surface area (Å²) in [5.41, 5.74) is -0.471. The van der Waals surface area contributed by atoms with Crippen molar-refractivity contribution in [3.63, 3.8) is 0 Å². The Morgan fingerprint density at radius 1 is 1.33 bits per heavy atom. The second-order valence-corrected chi connectivity index (χ2v) is 6.67. The predicted molar refractivity (Wildman–Crippen MR) is 82.9 cm³/mol. The maximum absolute atomic E-state index is 12.2. The van der Waals surface area contributed by atoms with Crippen LogP contribution in [0.25, 0.3) is 0 Å². The van der Waals surface area contributed by atoms with E-state index in [1.165, 1.54) is 0 Å². The molecule has 1 aromatic rings. The highest BCUT2D eigenvalue weighted by atomic mass is 35.5. The maximum atomic E-state index is 12.2. The number of ether oxygens (including phenoxy) is 2. The first-order valence-corrected chi connectivity index (χ1v) is 7.61. The highest BCUT2D eigenvalue weighted by Crippen LogP contribution is 2.22. The van der Waals surface area contributed by atoms with Crippen LogP contribution >= 0.6 is 11.6 Å². The first-order chi connectivity index (χ1) is 9.85. The number of rotatable bonds is 3. The van der Waals surface area contributed by atoms with Crippen LogP contribution in [0, 0.1) is 0 Å². The lowest BCUT2D eigenvalue weighted by Crippen LogP contribution is -2.42. The Morgan fingerprint density at radius 2 is 2.00 bits per heavy atom. The number of carbonyl (C=O) groups is 1. The summed E-state index contributed by atoms with van der Waals surface area (Å²) < 4.78 is 11.2. The van der Waals surface area contributed by atoms with Crippen molar-refractivity contribution in [1.82, 2.24) is 4.90 Å². The molecule has 5 heteroatoms. The summed E-state index contributed by atoms with van der Waals surface area (Å²) in [6.45, 7) is 6.82. The van der Waals surface area contributed by atoms with Crippen LogP contribution in [-0.2, 0) is 4.74 Å². The fourth-order valence-corrected chi connectivity index (χ4v) is 2.42. The van der Waals surface area contributed by atoms with Crippen molar-refractivity contribution in [3.05, 3.63) is 29.3 Å². The van der Waals surface area contributed by atoms with Crippen LogP contribution in [0.4, 0.5) is 4.79 Å². The summed E-state index contributed by atoms with van der Waals surface area (Å²) in [6.07, 6.45) is 1.66. The van der Waals surface area contributed by atoms with Crippen LogP contribution in [-0.4, -0.2) is 35.8 Å². The van der Waals surface area contributed by atoms with E-state index in [1.54, 1.807) is 17.0 Å². The molecule has 0 spiro atoms. The first kappa shape index (κ1) is 16.0. The second-order valence-electron chi connectivity index (χ2n) is 6.23. The van der Waals surface area contributed by atoms with Gasteiger partial charge in [-0.1, -0.05) is 11.6 Å². The fraction of sp³-hybridized carbons (Fsp3) is 0.562. The molecule has 1 saturated heterocycles. The Balaban J connectivity index is 1.90. The summed E-state index contributed by atoms with van der Waals surface area (Å²) >= 11 is 5.84. The van der Waals surface area contributed by atoms with E-state index in [1.807, 2.05) is 32.9 Å². The van der Waals surface area contributed by atoms with Gasteiger partial charge in [-0.3, -0.25) is 0 Å². The highest BCUT2D eigenvalue weighted by Gasteiger charge is 2.32. The summed E-state index contributed by atoms with van der Waals surface area (Å²) in [5.74, 6) is 0.760. The maximum Gasteiger partial charge on any atom is 0.410 e. The Bertz CT molecular complexity index is 481. The molecular weight excluding hydrogens is 290 g/mol. The van der Waals surface area contributed by atoms with Crippen LogP contribution in [0.15, 0.2) is 24.3 Å². The molecule has 116 valence electrons. The number of halogens is 1. The Kier molecular flexibility index (Phi) is 4.99. The van der Waals surface area contributed by atoms with E-state index in [2.05, 4.69) is 0 Å². The van der Waals surface area contributed by atoms with Crippen molar-refractivity contribution < 1.29 is 14.3 Å². The van der Waals surface area contributed by atoms with Crippen molar-refractivity contribution in [2.24, 2.45) is 0 Å². The topological polar surface area (TPSA) is 38.8 Å². The van der Waals surface area contributed by atoms with Crippen molar-refractivity contribution in [1.29, 1.82) is 0 Å². The molecule has 0 N–H and O–H groups in total. The Labute approximate surface area is 131 Å². The lowest BCUT2D eigenvalue weighted by Gasteiger charge is -2.28. The number of amides is 1. The van der Waals surface area contributed by atoms with Gasteiger partial charge in [0.1, 0.15) is 18.0 Å². The van der Waals surface area contributed by atoms with E-state index in [0.717, 1.165) is 25.1 Å². The van der Waals surface area contributed by atoms with Gasteiger partial charge in [0.25, 0.3) is 0 Å². The molecule has 0 aliphatic carbocycles. The minimum atomic E-state index is -0.471. The Morgan fingerprint density at radius 3 is 2.62 bits per heavy atom. The van der Waals surface area contributed by atoms with Crippen molar-refractivity contribution in [2.45, 2.75) is 45.3 Å². The third-order valence-corrected chi connectivity index (χ3v) is 3.51. The average Bonchev–Trinajstić information content (AvgIpc) is 2.84. The largest absolute Gasteiger partial charge is 0.491 e. The molecule has 2 rings (SSSR count). The van der Waals surface area contributed by atoms with E-state index < -0.39 is 5.60 Å². The molecule has 0 aromatic heterocycles. The summed E-state index contributed by atoms with van der Waals surface area (Å²) in [4.78, 5) is 13.9. The van der Waals surface area contributed by atoms with E-state index in [9.17, 15) is 4.79 Å². The quantitative estimate of drug-likeness (QED) is 0.843. The normalized spacial score (nSPS) is 18.7. The molecule has 1 fully saturated rings. The lowest BCUT2D eigenvalue weighted by molar-refractivity contribution is 0.0187. The molecule has 21 heavy (non-hydrogen) atoms. The zero-order valence-electron chi connectivity index (χ0n) is 12.8. The summed E-state index contributed by atoms with van der Waals surface area (Å²) in [6, 6.07) is 7.30. The molecule has 4 nitrogen and oxygen atoms in total. The van der Waals surface area contributed by atoms with Crippen LogP contribution < -0.4 is 4.74 Å². The molecule has 0 bridgehead atoms. The molecule has 1 aromatic carbocycles. The van der Waals surface area contributed by atoms with Gasteiger partial charge >= 0.3 is 6.09 Å². The summed E-state index contributed by atoms with van der Waals surface area (Å²) in [7, 11) is 0. The van der Waals surface area contributed by atoms with Gasteiger partial charge in [-0.25, -0.2) is 4.79 Å². The first-order valence-electron chi connectivity index (χ1n) is 7.23. The number of benzene rings is 1. The van der Waals surface area contributed by atoms with Crippen LogP contribution in [0.5, 0.6) is 5.75 Å². The SMILES string of the molecule is CC(C)(C)OC(=O)N1CCCC1COc1ccc(Cl)cc1. The standard InChI is InChI=1S/C16H22ClNO3/c1-16(2,3)21-15(19)18-10-4-5-13(18)11-20-14-8-6-12(17)7-9-14/h6-9,13H,4-5,10-11H2,1-3H3. The average molecular weight is 312 g/mol. The molecule has 1 atom stereocenters. The van der Waals surface area contributed by atoms with Gasteiger partial charge in [-0.05, 0) is 57.9 Å². The zero-order valence-corrected chi connectivity index (χ0v) is 13.5. The van der Waals surface area contributed by atoms with Crippen molar-refractivity contribution >= 4 is 17.7 Å². The number of nitrogens with zero attached hydrogens (tertiary/aromatic N) is 1. The lowest BCUT2D eigenvalue weighted by atomic mass is 10.2. The Hall–Kier alpha value is -1.42. The predicted octanol–water partition coefficient (Wildman–Crippen LogP) is 4.12. The molecule has 0 saturated carbocycles. The van der Waals surface area contributed by atoms with Gasteiger partial charge in [0.15, 0.2) is 0 Å². The van der Waals surface area contributed by atoms with Gasteiger partial charge in [0, 0.05) is 11.6 Å². The van der Waals surface area contributed by atoms with Crippen LogP contribution in [0.3, 0.4) is 0 Å². The van der Waals surface area contributed by atoms with Gasteiger partial charge in [-0.15, -0.1) is 0 Å². The molecule has 0 radical (unpaired) electrons. The minimum absolute atomic E-state index is 0.0653. The van der Waals surface area contributed by atoms with E-state index in [4.69, 9.17) is 21.1 Å². The molecule has 1 aliphatic heterocycles. The zero-order chi connectivity index (χ0) is 15.5. The molecule has 1 amide bonds. The van der Waals surface area contributed by atoms with Gasteiger partial charge in [0.2, 0.25) is 0 Å². The van der Waals surface area contributed by atoms with E-state index in [0.29, 0.717) is 11.6 Å². The minimum Gasteiger partial charge on any atom is -0.491 e. The van der Waals surface area contributed by atoms with Gasteiger partial charge in [0.05, 0.1) is 6.04 Å². The summed E-state index contributed by atoms with van der Waals surface area (Å²) in [5, 5.41) is 0.679. The van der Waals surface area contributed by atoms with Crippen molar-refractivity contribution in [2.75, 3.05) is 13.2 Å². The van der Waals surface area contributed by atoms with Gasteiger partial charge < -0.3 is 14.4 Å². The number of hydrogen-bond donors (Lipinski definition) is 0. The smallest absolute Gasteiger partial charge is 0.410 e. The number of hydrogen-bond acceptors (Lipinski definition) is 3. The molecule has 1 heterocycles. The monoisotopic (exact) mass is 311 g/mol. The van der Waals surface area contributed by atoms with Gasteiger partial charge in [-0.2, -0.15) is 0 Å². The molecule has 1 aliphatic rings. The van der Waals surface area contributed by atoms with E-state index >= 15 is 0 Å². The second kappa shape index (κ2) is 6.56. The fourth-order valence-electron chi connectivity index (χ4n) is 2.29. The highest BCUT2D eigenvalue weighted by molar-refractivity contribution is 6.30. The van der Waals surface area contributed by atoms with E-state index in [-0.39, 0.29) is 12.1 Å².